The zero-order chi connectivity index (χ0) is 15.6. The van der Waals surface area contributed by atoms with Gasteiger partial charge in [-0.15, -0.1) is 0 Å². The summed E-state index contributed by atoms with van der Waals surface area (Å²) in [6.07, 6.45) is -4.61. The first-order valence-electron chi connectivity index (χ1n) is 5.65. The Bertz CT molecular complexity index is 669. The minimum Gasteiger partial charge on any atom is -0.478 e. The van der Waals surface area contributed by atoms with E-state index in [0.29, 0.717) is 11.0 Å². The third-order valence-electron chi connectivity index (χ3n) is 2.57. The standard InChI is InChI=1S/C14H8BrF3O2S/c15-9-2-4-10(5-3-9)21-12-6-1-8(13(19)20)7-11(12)14(16,17)18/h1-7H,(H,19,20). The van der Waals surface area contributed by atoms with Gasteiger partial charge in [-0.25, -0.2) is 4.79 Å². The van der Waals surface area contributed by atoms with Gasteiger partial charge in [-0.3, -0.25) is 0 Å². The fourth-order valence-corrected chi connectivity index (χ4v) is 2.81. The molecular weight excluding hydrogens is 369 g/mol. The van der Waals surface area contributed by atoms with Crippen LogP contribution in [0.3, 0.4) is 0 Å². The fraction of sp³-hybridized carbons (Fsp3) is 0.0714. The van der Waals surface area contributed by atoms with Crippen molar-refractivity contribution < 1.29 is 23.1 Å². The largest absolute Gasteiger partial charge is 0.478 e. The van der Waals surface area contributed by atoms with Crippen LogP contribution in [0, 0.1) is 0 Å². The van der Waals surface area contributed by atoms with E-state index in [1.165, 1.54) is 12.1 Å². The van der Waals surface area contributed by atoms with Gasteiger partial charge in [0.1, 0.15) is 0 Å². The molecule has 0 saturated heterocycles. The number of benzene rings is 2. The second-order valence-electron chi connectivity index (χ2n) is 4.07. The summed E-state index contributed by atoms with van der Waals surface area (Å²) >= 11 is 4.18. The maximum absolute atomic E-state index is 13.0. The Hall–Kier alpha value is -1.47. The van der Waals surface area contributed by atoms with Crippen LogP contribution in [-0.4, -0.2) is 11.1 Å². The minimum absolute atomic E-state index is 0.0326. The van der Waals surface area contributed by atoms with Crippen molar-refractivity contribution in [1.82, 2.24) is 0 Å². The van der Waals surface area contributed by atoms with Gasteiger partial charge in [0.2, 0.25) is 0 Å². The molecule has 0 aliphatic rings. The topological polar surface area (TPSA) is 37.3 Å². The Labute approximate surface area is 131 Å². The fourth-order valence-electron chi connectivity index (χ4n) is 1.60. The molecule has 1 N–H and O–H groups in total. The van der Waals surface area contributed by atoms with Crippen LogP contribution in [0.5, 0.6) is 0 Å². The van der Waals surface area contributed by atoms with Crippen molar-refractivity contribution in [3.63, 3.8) is 0 Å². The summed E-state index contributed by atoms with van der Waals surface area (Å²) in [5.41, 5.74) is -1.34. The van der Waals surface area contributed by atoms with Crippen molar-refractivity contribution in [2.75, 3.05) is 0 Å². The Kier molecular flexibility index (Phi) is 4.63. The first-order chi connectivity index (χ1) is 9.77. The summed E-state index contributed by atoms with van der Waals surface area (Å²) < 4.78 is 40.0. The van der Waals surface area contributed by atoms with Gasteiger partial charge in [-0.2, -0.15) is 13.2 Å². The van der Waals surface area contributed by atoms with E-state index in [-0.39, 0.29) is 10.5 Å². The average Bonchev–Trinajstić information content (AvgIpc) is 2.40. The van der Waals surface area contributed by atoms with Gasteiger partial charge in [-0.05, 0) is 42.5 Å². The number of hydrogen-bond acceptors (Lipinski definition) is 2. The molecule has 110 valence electrons. The summed E-state index contributed by atoms with van der Waals surface area (Å²) in [6, 6.07) is 9.81. The molecule has 0 spiro atoms. The van der Waals surface area contributed by atoms with Crippen LogP contribution in [0.1, 0.15) is 15.9 Å². The maximum Gasteiger partial charge on any atom is 0.417 e. The lowest BCUT2D eigenvalue weighted by atomic mass is 10.1. The van der Waals surface area contributed by atoms with Crippen LogP contribution < -0.4 is 0 Å². The smallest absolute Gasteiger partial charge is 0.417 e. The quantitative estimate of drug-likeness (QED) is 0.787. The second-order valence-corrected chi connectivity index (χ2v) is 6.10. The molecule has 0 radical (unpaired) electrons. The van der Waals surface area contributed by atoms with Crippen molar-refractivity contribution in [3.8, 4) is 0 Å². The summed E-state index contributed by atoms with van der Waals surface area (Å²) in [4.78, 5) is 11.4. The van der Waals surface area contributed by atoms with Crippen LogP contribution in [0.15, 0.2) is 56.7 Å². The number of carboxylic acids is 1. The number of hydrogen-bond donors (Lipinski definition) is 1. The molecule has 0 fully saturated rings. The van der Waals surface area contributed by atoms with Crippen LogP contribution in [0.4, 0.5) is 13.2 Å². The molecule has 2 aromatic rings. The lowest BCUT2D eigenvalue weighted by Crippen LogP contribution is -2.09. The first kappa shape index (κ1) is 15.9. The predicted octanol–water partition coefficient (Wildman–Crippen LogP) is 5.32. The summed E-state index contributed by atoms with van der Waals surface area (Å²) in [5, 5.41) is 8.81. The average molecular weight is 377 g/mol. The molecule has 0 aliphatic heterocycles. The third kappa shape index (κ3) is 4.01. The van der Waals surface area contributed by atoms with Crippen molar-refractivity contribution in [1.29, 1.82) is 0 Å². The second kappa shape index (κ2) is 6.11. The molecule has 0 aromatic heterocycles. The van der Waals surface area contributed by atoms with Crippen molar-refractivity contribution in [3.05, 3.63) is 58.1 Å². The third-order valence-corrected chi connectivity index (χ3v) is 4.19. The number of aromatic carboxylic acids is 1. The van der Waals surface area contributed by atoms with E-state index in [9.17, 15) is 18.0 Å². The number of rotatable bonds is 3. The van der Waals surface area contributed by atoms with E-state index in [2.05, 4.69) is 15.9 Å². The Morgan fingerprint density at radius 2 is 1.71 bits per heavy atom. The highest BCUT2D eigenvalue weighted by atomic mass is 79.9. The van der Waals surface area contributed by atoms with Gasteiger partial charge in [0.15, 0.2) is 0 Å². The molecule has 21 heavy (non-hydrogen) atoms. The van der Waals surface area contributed by atoms with E-state index in [4.69, 9.17) is 5.11 Å². The van der Waals surface area contributed by atoms with E-state index >= 15 is 0 Å². The SMILES string of the molecule is O=C(O)c1ccc(Sc2ccc(Br)cc2)c(C(F)(F)F)c1. The Balaban J connectivity index is 2.43. The van der Waals surface area contributed by atoms with Crippen LogP contribution in [-0.2, 0) is 6.18 Å². The van der Waals surface area contributed by atoms with Gasteiger partial charge in [-0.1, -0.05) is 27.7 Å². The molecule has 0 unspecified atom stereocenters. The van der Waals surface area contributed by atoms with Crippen molar-refractivity contribution in [2.45, 2.75) is 16.0 Å². The van der Waals surface area contributed by atoms with Gasteiger partial charge in [0.25, 0.3) is 0 Å². The maximum atomic E-state index is 13.0. The molecule has 2 aromatic carbocycles. The Morgan fingerprint density at radius 1 is 1.10 bits per heavy atom. The predicted molar refractivity (Wildman–Crippen MR) is 76.7 cm³/mol. The van der Waals surface area contributed by atoms with Gasteiger partial charge in [0, 0.05) is 14.3 Å². The van der Waals surface area contributed by atoms with E-state index < -0.39 is 17.7 Å². The summed E-state index contributed by atoms with van der Waals surface area (Å²) in [7, 11) is 0. The molecular formula is C14H8BrF3O2S. The number of halogens is 4. The highest BCUT2D eigenvalue weighted by Gasteiger charge is 2.34. The van der Waals surface area contributed by atoms with Crippen molar-refractivity contribution in [2.24, 2.45) is 0 Å². The van der Waals surface area contributed by atoms with E-state index in [0.717, 1.165) is 16.2 Å². The zero-order valence-corrected chi connectivity index (χ0v) is 12.7. The highest BCUT2D eigenvalue weighted by molar-refractivity contribution is 9.10. The molecule has 0 heterocycles. The first-order valence-corrected chi connectivity index (χ1v) is 7.26. The molecule has 7 heteroatoms. The molecule has 2 nitrogen and oxygen atoms in total. The number of carbonyl (C=O) groups is 1. The van der Waals surface area contributed by atoms with Gasteiger partial charge >= 0.3 is 12.1 Å². The van der Waals surface area contributed by atoms with Crippen LogP contribution in [0.25, 0.3) is 0 Å². The van der Waals surface area contributed by atoms with Crippen molar-refractivity contribution >= 4 is 33.7 Å². The minimum atomic E-state index is -4.61. The number of alkyl halides is 3. The zero-order valence-electron chi connectivity index (χ0n) is 10.3. The monoisotopic (exact) mass is 376 g/mol. The molecule has 0 amide bonds. The molecule has 2 rings (SSSR count). The lowest BCUT2D eigenvalue weighted by molar-refractivity contribution is -0.139. The van der Waals surface area contributed by atoms with E-state index in [1.807, 2.05) is 0 Å². The van der Waals surface area contributed by atoms with Crippen LogP contribution >= 0.6 is 27.7 Å². The molecule has 0 bridgehead atoms. The normalized spacial score (nSPS) is 11.4. The van der Waals surface area contributed by atoms with Gasteiger partial charge < -0.3 is 5.11 Å². The molecule has 0 aliphatic carbocycles. The van der Waals surface area contributed by atoms with Crippen LogP contribution in [0.2, 0.25) is 0 Å². The summed E-state index contributed by atoms with van der Waals surface area (Å²) in [5.74, 6) is -1.39. The lowest BCUT2D eigenvalue weighted by Gasteiger charge is -2.13. The van der Waals surface area contributed by atoms with Gasteiger partial charge in [0.05, 0.1) is 11.1 Å². The Morgan fingerprint density at radius 3 is 2.24 bits per heavy atom. The molecule has 0 atom stereocenters. The number of carboxylic acid groups (broad SMARTS) is 1. The van der Waals surface area contributed by atoms with E-state index in [1.54, 1.807) is 24.3 Å². The molecule has 0 saturated carbocycles. The summed E-state index contributed by atoms with van der Waals surface area (Å²) in [6.45, 7) is 0. The highest BCUT2D eigenvalue weighted by Crippen LogP contribution is 2.40.